The number of fused-ring (bicyclic) bond motifs is 1. The zero-order chi connectivity index (χ0) is 13.2. The summed E-state index contributed by atoms with van der Waals surface area (Å²) in [5, 5.41) is 4.69. The van der Waals surface area contributed by atoms with Crippen LogP contribution < -0.4 is 5.32 Å². The molecule has 0 saturated carbocycles. The molecule has 19 heavy (non-hydrogen) atoms. The highest BCUT2D eigenvalue weighted by Gasteiger charge is 2.11. The number of nitrogens with zero attached hydrogens (tertiary/aromatic N) is 2. The van der Waals surface area contributed by atoms with Crippen LogP contribution in [-0.2, 0) is 6.42 Å². The maximum absolute atomic E-state index is 4.43. The summed E-state index contributed by atoms with van der Waals surface area (Å²) < 4.78 is 1.12. The largest absolute Gasteiger partial charge is 0.361 e. The van der Waals surface area contributed by atoms with Gasteiger partial charge >= 0.3 is 0 Å². The highest BCUT2D eigenvalue weighted by atomic mass is 79.9. The van der Waals surface area contributed by atoms with E-state index in [0.717, 1.165) is 36.5 Å². The van der Waals surface area contributed by atoms with Crippen LogP contribution in [0.3, 0.4) is 0 Å². The van der Waals surface area contributed by atoms with Gasteiger partial charge in [0.2, 0.25) is 0 Å². The van der Waals surface area contributed by atoms with Gasteiger partial charge in [0.05, 0.1) is 6.54 Å². The standard InChI is InChI=1S/C14H17BrN4/c1-19-7-6-17-14(19)16-5-4-10-9-18-13-3-2-11(15)8-12(10)13/h2-3,8-9,18H,4-7H2,1H3,(H,16,17). The van der Waals surface area contributed by atoms with Gasteiger partial charge in [0.25, 0.3) is 0 Å². The molecule has 0 radical (unpaired) electrons. The molecular formula is C14H17BrN4. The van der Waals surface area contributed by atoms with Crippen LogP contribution in [0.1, 0.15) is 5.56 Å². The fourth-order valence-corrected chi connectivity index (χ4v) is 2.75. The molecule has 0 amide bonds. The Labute approximate surface area is 121 Å². The second kappa shape index (κ2) is 5.25. The van der Waals surface area contributed by atoms with Gasteiger partial charge in [-0.25, -0.2) is 0 Å². The topological polar surface area (TPSA) is 43.4 Å². The van der Waals surface area contributed by atoms with Crippen molar-refractivity contribution >= 4 is 32.8 Å². The minimum absolute atomic E-state index is 0.902. The Kier molecular flexibility index (Phi) is 3.46. The van der Waals surface area contributed by atoms with Crippen molar-refractivity contribution in [3.63, 3.8) is 0 Å². The van der Waals surface area contributed by atoms with E-state index in [1.165, 1.54) is 16.5 Å². The third-order valence-corrected chi connectivity index (χ3v) is 3.96. The van der Waals surface area contributed by atoms with Gasteiger partial charge in [0, 0.05) is 41.7 Å². The van der Waals surface area contributed by atoms with E-state index in [0.29, 0.717) is 0 Å². The number of hydrogen-bond donors (Lipinski definition) is 2. The van der Waals surface area contributed by atoms with Gasteiger partial charge in [-0.15, -0.1) is 0 Å². The number of aliphatic imine (C=N–C) groups is 1. The average molecular weight is 321 g/mol. The SMILES string of the molecule is CN1CCN=C1NCCc1c[nH]c2ccc(Br)cc12. The van der Waals surface area contributed by atoms with Crippen molar-refractivity contribution in [2.24, 2.45) is 4.99 Å². The third kappa shape index (κ3) is 2.61. The summed E-state index contributed by atoms with van der Waals surface area (Å²) in [5.41, 5.74) is 2.53. The Bertz CT molecular complexity index is 617. The lowest BCUT2D eigenvalue weighted by Crippen LogP contribution is -2.36. The lowest BCUT2D eigenvalue weighted by atomic mass is 10.1. The molecule has 5 heteroatoms. The Morgan fingerprint density at radius 3 is 3.16 bits per heavy atom. The predicted molar refractivity (Wildman–Crippen MR) is 82.6 cm³/mol. The Hall–Kier alpha value is -1.49. The maximum atomic E-state index is 4.43. The van der Waals surface area contributed by atoms with Crippen LogP contribution in [-0.4, -0.2) is 42.5 Å². The van der Waals surface area contributed by atoms with Gasteiger partial charge in [-0.05, 0) is 30.2 Å². The van der Waals surface area contributed by atoms with Gasteiger partial charge in [-0.1, -0.05) is 15.9 Å². The minimum atomic E-state index is 0.902. The highest BCUT2D eigenvalue weighted by Crippen LogP contribution is 2.22. The Balaban J connectivity index is 1.67. The number of hydrogen-bond acceptors (Lipinski definition) is 3. The van der Waals surface area contributed by atoms with Crippen molar-refractivity contribution in [2.45, 2.75) is 6.42 Å². The van der Waals surface area contributed by atoms with Gasteiger partial charge < -0.3 is 15.2 Å². The van der Waals surface area contributed by atoms with E-state index in [9.17, 15) is 0 Å². The van der Waals surface area contributed by atoms with Gasteiger partial charge in [0.15, 0.2) is 5.96 Å². The molecule has 0 spiro atoms. The average Bonchev–Trinajstić information content (AvgIpc) is 2.97. The van der Waals surface area contributed by atoms with Crippen molar-refractivity contribution in [1.29, 1.82) is 0 Å². The minimum Gasteiger partial charge on any atom is -0.361 e. The van der Waals surface area contributed by atoms with E-state index in [2.05, 4.69) is 67.6 Å². The van der Waals surface area contributed by atoms with E-state index in [1.807, 2.05) is 0 Å². The van der Waals surface area contributed by atoms with E-state index in [4.69, 9.17) is 0 Å². The number of aromatic nitrogens is 1. The van der Waals surface area contributed by atoms with Crippen LogP contribution in [0, 0.1) is 0 Å². The smallest absolute Gasteiger partial charge is 0.193 e. The molecule has 2 N–H and O–H groups in total. The van der Waals surface area contributed by atoms with Crippen molar-refractivity contribution in [3.05, 3.63) is 34.4 Å². The molecule has 0 fully saturated rings. The number of guanidine groups is 1. The molecule has 0 aliphatic carbocycles. The first-order valence-electron chi connectivity index (χ1n) is 6.49. The summed E-state index contributed by atoms with van der Waals surface area (Å²) in [6.07, 6.45) is 3.09. The summed E-state index contributed by atoms with van der Waals surface area (Å²) >= 11 is 3.53. The van der Waals surface area contributed by atoms with Crippen LogP contribution in [0.5, 0.6) is 0 Å². The van der Waals surface area contributed by atoms with Gasteiger partial charge in [-0.2, -0.15) is 0 Å². The van der Waals surface area contributed by atoms with Crippen LogP contribution >= 0.6 is 15.9 Å². The first-order valence-corrected chi connectivity index (χ1v) is 7.28. The van der Waals surface area contributed by atoms with Crippen molar-refractivity contribution in [2.75, 3.05) is 26.7 Å². The van der Waals surface area contributed by atoms with E-state index < -0.39 is 0 Å². The summed E-state index contributed by atoms with van der Waals surface area (Å²) in [5.74, 6) is 1.01. The molecule has 0 atom stereocenters. The number of halogens is 1. The van der Waals surface area contributed by atoms with Crippen molar-refractivity contribution in [1.82, 2.24) is 15.2 Å². The van der Waals surface area contributed by atoms with Crippen LogP contribution in [0.4, 0.5) is 0 Å². The zero-order valence-corrected chi connectivity index (χ0v) is 12.5. The molecule has 1 aliphatic rings. The molecule has 1 aliphatic heterocycles. The molecule has 2 heterocycles. The molecule has 0 bridgehead atoms. The van der Waals surface area contributed by atoms with Crippen LogP contribution in [0.15, 0.2) is 33.9 Å². The summed E-state index contributed by atoms with van der Waals surface area (Å²) in [4.78, 5) is 9.90. The normalized spacial score (nSPS) is 15.1. The molecule has 100 valence electrons. The van der Waals surface area contributed by atoms with Crippen LogP contribution in [0.2, 0.25) is 0 Å². The molecule has 1 aromatic heterocycles. The summed E-state index contributed by atoms with van der Waals surface area (Å²) in [7, 11) is 2.07. The Morgan fingerprint density at radius 1 is 1.47 bits per heavy atom. The number of likely N-dealkylation sites (N-methyl/N-ethyl adjacent to an activating group) is 1. The number of rotatable bonds is 3. The molecule has 2 aromatic rings. The maximum Gasteiger partial charge on any atom is 0.193 e. The zero-order valence-electron chi connectivity index (χ0n) is 10.9. The Morgan fingerprint density at radius 2 is 2.37 bits per heavy atom. The fourth-order valence-electron chi connectivity index (χ4n) is 2.39. The molecule has 1 aromatic carbocycles. The second-order valence-electron chi connectivity index (χ2n) is 4.81. The first-order chi connectivity index (χ1) is 9.24. The molecular weight excluding hydrogens is 304 g/mol. The second-order valence-corrected chi connectivity index (χ2v) is 5.72. The van der Waals surface area contributed by atoms with Gasteiger partial charge in [0.1, 0.15) is 0 Å². The first kappa shape index (κ1) is 12.5. The molecule has 0 saturated heterocycles. The van der Waals surface area contributed by atoms with Crippen molar-refractivity contribution < 1.29 is 0 Å². The lowest BCUT2D eigenvalue weighted by Gasteiger charge is -2.14. The van der Waals surface area contributed by atoms with E-state index in [1.54, 1.807) is 0 Å². The predicted octanol–water partition coefficient (Wildman–Crippen LogP) is 2.36. The van der Waals surface area contributed by atoms with E-state index >= 15 is 0 Å². The fraction of sp³-hybridized carbons (Fsp3) is 0.357. The molecule has 3 rings (SSSR count). The molecule has 0 unspecified atom stereocenters. The highest BCUT2D eigenvalue weighted by molar-refractivity contribution is 9.10. The monoisotopic (exact) mass is 320 g/mol. The van der Waals surface area contributed by atoms with Crippen molar-refractivity contribution in [3.8, 4) is 0 Å². The van der Waals surface area contributed by atoms with Crippen LogP contribution in [0.25, 0.3) is 10.9 Å². The third-order valence-electron chi connectivity index (χ3n) is 3.47. The number of nitrogens with one attached hydrogen (secondary N) is 2. The number of H-pyrrole nitrogens is 1. The lowest BCUT2D eigenvalue weighted by molar-refractivity contribution is 0.534. The van der Waals surface area contributed by atoms with Gasteiger partial charge in [-0.3, -0.25) is 4.99 Å². The summed E-state index contributed by atoms with van der Waals surface area (Å²) in [6, 6.07) is 6.33. The number of benzene rings is 1. The quantitative estimate of drug-likeness (QED) is 0.911. The summed E-state index contributed by atoms with van der Waals surface area (Å²) in [6.45, 7) is 2.82. The van der Waals surface area contributed by atoms with E-state index in [-0.39, 0.29) is 0 Å². The molecule has 4 nitrogen and oxygen atoms in total. The number of aromatic amines is 1.